The van der Waals surface area contributed by atoms with Crippen molar-refractivity contribution in [1.82, 2.24) is 9.13 Å². The number of anilines is 3. The molecule has 0 atom stereocenters. The lowest BCUT2D eigenvalue weighted by Gasteiger charge is -2.29. The van der Waals surface area contributed by atoms with E-state index in [0.717, 1.165) is 40.5 Å². The molecule has 1 aromatic carbocycles. The van der Waals surface area contributed by atoms with Crippen molar-refractivity contribution in [3.8, 4) is 0 Å². The highest BCUT2D eigenvalue weighted by Gasteiger charge is 2.23. The summed E-state index contributed by atoms with van der Waals surface area (Å²) in [6.45, 7) is 0.697. The van der Waals surface area contributed by atoms with Gasteiger partial charge in [-0.2, -0.15) is 0 Å². The van der Waals surface area contributed by atoms with Crippen LogP contribution >= 0.6 is 0 Å². The van der Waals surface area contributed by atoms with Crippen LogP contribution in [0.4, 0.5) is 26.0 Å². The van der Waals surface area contributed by atoms with Crippen LogP contribution < -0.4 is 27.2 Å². The van der Waals surface area contributed by atoms with E-state index in [1.165, 1.54) is 13.1 Å². The molecule has 2 heterocycles. The third-order valence-corrected chi connectivity index (χ3v) is 4.75. The van der Waals surface area contributed by atoms with Gasteiger partial charge in [0.1, 0.15) is 18.1 Å². The number of carbonyl (C=O) groups is 1. The van der Waals surface area contributed by atoms with E-state index in [2.05, 4.69) is 5.32 Å². The summed E-state index contributed by atoms with van der Waals surface area (Å²) in [6, 6.07) is 2.86. The number of halogens is 2. The summed E-state index contributed by atoms with van der Waals surface area (Å²) in [7, 11) is 1.42. The van der Waals surface area contributed by atoms with Crippen molar-refractivity contribution >= 4 is 23.1 Å². The summed E-state index contributed by atoms with van der Waals surface area (Å²) in [6.07, 6.45) is 2.85. The molecule has 8 nitrogen and oxygen atoms in total. The Hall–Kier alpha value is -3.17. The molecule has 3 rings (SSSR count). The molecule has 10 heteroatoms. The first kappa shape index (κ1) is 19.6. The second-order valence-electron chi connectivity index (χ2n) is 6.69. The van der Waals surface area contributed by atoms with E-state index >= 15 is 0 Å². The summed E-state index contributed by atoms with van der Waals surface area (Å²) in [4.78, 5) is 39.5. The normalized spacial score (nSPS) is 14.2. The van der Waals surface area contributed by atoms with Crippen molar-refractivity contribution < 1.29 is 13.6 Å². The van der Waals surface area contributed by atoms with Crippen LogP contribution in [-0.4, -0.2) is 28.1 Å². The standard InChI is InChI=1S/C18H21F2N5O3/c1-23-16(21)15(24-7-3-2-4-8-24)17(27)25(18(23)28)10-14(26)22-11-5-6-12(19)13(20)9-11/h5-6,9H,2-4,7-8,10,21H2,1H3,(H,22,26). The van der Waals surface area contributed by atoms with Gasteiger partial charge in [-0.25, -0.2) is 18.1 Å². The van der Waals surface area contributed by atoms with Gasteiger partial charge in [-0.15, -0.1) is 0 Å². The smallest absolute Gasteiger partial charge is 0.332 e. The van der Waals surface area contributed by atoms with Gasteiger partial charge >= 0.3 is 5.69 Å². The quantitative estimate of drug-likeness (QED) is 0.808. The van der Waals surface area contributed by atoms with Gasteiger partial charge in [-0.05, 0) is 31.4 Å². The maximum atomic E-state index is 13.3. The highest BCUT2D eigenvalue weighted by Crippen LogP contribution is 2.21. The zero-order chi connectivity index (χ0) is 20.4. The Balaban J connectivity index is 1.91. The molecule has 2 aromatic rings. The van der Waals surface area contributed by atoms with Gasteiger partial charge < -0.3 is 16.0 Å². The van der Waals surface area contributed by atoms with E-state index in [1.807, 2.05) is 4.90 Å². The van der Waals surface area contributed by atoms with Crippen LogP contribution in [-0.2, 0) is 18.4 Å². The number of nitrogens with one attached hydrogen (secondary N) is 1. The van der Waals surface area contributed by atoms with Crippen LogP contribution in [0.5, 0.6) is 0 Å². The number of benzene rings is 1. The first-order chi connectivity index (χ1) is 13.3. The number of carbonyl (C=O) groups excluding carboxylic acids is 1. The Morgan fingerprint density at radius 1 is 1.14 bits per heavy atom. The maximum absolute atomic E-state index is 13.3. The van der Waals surface area contributed by atoms with E-state index in [4.69, 9.17) is 5.73 Å². The highest BCUT2D eigenvalue weighted by atomic mass is 19.2. The Morgan fingerprint density at radius 3 is 2.46 bits per heavy atom. The number of aromatic nitrogens is 2. The molecule has 0 unspecified atom stereocenters. The van der Waals surface area contributed by atoms with Crippen LogP contribution in [0.25, 0.3) is 0 Å². The Bertz CT molecular complexity index is 1030. The lowest BCUT2D eigenvalue weighted by atomic mass is 10.1. The van der Waals surface area contributed by atoms with Gasteiger partial charge in [0.05, 0.1) is 0 Å². The molecule has 0 aliphatic carbocycles. The summed E-state index contributed by atoms with van der Waals surface area (Å²) in [5.41, 5.74) is 4.83. The third-order valence-electron chi connectivity index (χ3n) is 4.75. The molecule has 0 bridgehead atoms. The zero-order valence-corrected chi connectivity index (χ0v) is 15.4. The fourth-order valence-corrected chi connectivity index (χ4v) is 3.24. The number of hydrogen-bond acceptors (Lipinski definition) is 5. The molecule has 0 radical (unpaired) electrons. The topological polar surface area (TPSA) is 102 Å². The summed E-state index contributed by atoms with van der Waals surface area (Å²) >= 11 is 0. The Kier molecular flexibility index (Phi) is 5.48. The zero-order valence-electron chi connectivity index (χ0n) is 15.4. The number of nitrogens with two attached hydrogens (primary N) is 1. The number of hydrogen-bond donors (Lipinski definition) is 2. The van der Waals surface area contributed by atoms with Crippen molar-refractivity contribution in [1.29, 1.82) is 0 Å². The molecule has 150 valence electrons. The van der Waals surface area contributed by atoms with Crippen molar-refractivity contribution in [3.63, 3.8) is 0 Å². The van der Waals surface area contributed by atoms with Crippen LogP contribution in [0.15, 0.2) is 27.8 Å². The summed E-state index contributed by atoms with van der Waals surface area (Å²) in [5, 5.41) is 2.35. The van der Waals surface area contributed by atoms with Gasteiger partial charge in [0.15, 0.2) is 11.6 Å². The van der Waals surface area contributed by atoms with Crippen LogP contribution in [0.3, 0.4) is 0 Å². The van der Waals surface area contributed by atoms with E-state index in [0.29, 0.717) is 13.1 Å². The minimum Gasteiger partial charge on any atom is -0.383 e. The second kappa shape index (κ2) is 7.83. The van der Waals surface area contributed by atoms with Crippen molar-refractivity contribution in [2.24, 2.45) is 7.05 Å². The fraction of sp³-hybridized carbons (Fsp3) is 0.389. The number of rotatable bonds is 4. The monoisotopic (exact) mass is 393 g/mol. The molecule has 28 heavy (non-hydrogen) atoms. The number of piperidine rings is 1. The average molecular weight is 393 g/mol. The number of nitrogen functional groups attached to an aromatic ring is 1. The molecular weight excluding hydrogens is 372 g/mol. The van der Waals surface area contributed by atoms with Crippen molar-refractivity contribution in [2.45, 2.75) is 25.8 Å². The molecular formula is C18H21F2N5O3. The van der Waals surface area contributed by atoms with Gasteiger partial charge in [-0.3, -0.25) is 14.2 Å². The average Bonchev–Trinajstić information content (AvgIpc) is 2.67. The van der Waals surface area contributed by atoms with E-state index in [-0.39, 0.29) is 17.2 Å². The molecule has 0 spiro atoms. The van der Waals surface area contributed by atoms with Gasteiger partial charge in [-0.1, -0.05) is 0 Å². The van der Waals surface area contributed by atoms with E-state index in [9.17, 15) is 23.2 Å². The molecule has 1 saturated heterocycles. The Morgan fingerprint density at radius 2 is 1.82 bits per heavy atom. The van der Waals surface area contributed by atoms with E-state index in [1.54, 1.807) is 0 Å². The summed E-state index contributed by atoms with van der Waals surface area (Å²) in [5.74, 6) is -2.84. The first-order valence-corrected chi connectivity index (χ1v) is 8.88. The van der Waals surface area contributed by atoms with Gasteiger partial charge in [0.2, 0.25) is 5.91 Å². The van der Waals surface area contributed by atoms with Gasteiger partial charge in [0, 0.05) is 31.9 Å². The van der Waals surface area contributed by atoms with Gasteiger partial charge in [0.25, 0.3) is 5.56 Å². The predicted molar refractivity (Wildman–Crippen MR) is 101 cm³/mol. The molecule has 1 aliphatic heterocycles. The van der Waals surface area contributed by atoms with Crippen LogP contribution in [0, 0.1) is 11.6 Å². The maximum Gasteiger partial charge on any atom is 0.332 e. The number of nitrogens with zero attached hydrogens (tertiary/aromatic N) is 3. The predicted octanol–water partition coefficient (Wildman–Crippen LogP) is 1.04. The van der Waals surface area contributed by atoms with Crippen molar-refractivity contribution in [2.75, 3.05) is 29.0 Å². The lowest BCUT2D eigenvalue weighted by molar-refractivity contribution is -0.116. The molecule has 1 aliphatic rings. The molecule has 1 fully saturated rings. The minimum atomic E-state index is -1.12. The van der Waals surface area contributed by atoms with Crippen LogP contribution in [0.1, 0.15) is 19.3 Å². The molecule has 1 amide bonds. The fourth-order valence-electron chi connectivity index (χ4n) is 3.24. The van der Waals surface area contributed by atoms with E-state index < -0.39 is 35.3 Å². The SMILES string of the molecule is Cn1c(N)c(N2CCCCC2)c(=O)n(CC(=O)Nc2ccc(F)c(F)c2)c1=O. The second-order valence-corrected chi connectivity index (χ2v) is 6.69. The van der Waals surface area contributed by atoms with Crippen LogP contribution in [0.2, 0.25) is 0 Å². The first-order valence-electron chi connectivity index (χ1n) is 8.88. The summed E-state index contributed by atoms with van der Waals surface area (Å²) < 4.78 is 28.2. The largest absolute Gasteiger partial charge is 0.383 e. The highest BCUT2D eigenvalue weighted by molar-refractivity contribution is 5.90. The minimum absolute atomic E-state index is 0.0143. The Labute approximate surface area is 159 Å². The molecule has 1 aromatic heterocycles. The van der Waals surface area contributed by atoms with Crippen molar-refractivity contribution in [3.05, 3.63) is 50.7 Å². The third kappa shape index (κ3) is 3.75. The molecule has 3 N–H and O–H groups in total. The lowest BCUT2D eigenvalue weighted by Crippen LogP contribution is -2.46. The molecule has 0 saturated carbocycles. The number of amides is 1.